The number of aromatic nitrogens is 1. The lowest BCUT2D eigenvalue weighted by atomic mass is 10.4. The van der Waals surface area contributed by atoms with Crippen molar-refractivity contribution in [3.63, 3.8) is 0 Å². The average Bonchev–Trinajstić information content (AvgIpc) is 1.93. The zero-order chi connectivity index (χ0) is 8.27. The number of rotatable bonds is 2. The van der Waals surface area contributed by atoms with Gasteiger partial charge in [-0.15, -0.1) is 0 Å². The van der Waals surface area contributed by atoms with E-state index in [1.807, 2.05) is 0 Å². The third-order valence-electron chi connectivity index (χ3n) is 1.12. The van der Waals surface area contributed by atoms with Gasteiger partial charge in [-0.3, -0.25) is 4.98 Å². The first-order valence-corrected chi connectivity index (χ1v) is 3.23. The van der Waals surface area contributed by atoms with Gasteiger partial charge in [-0.1, -0.05) is 0 Å². The van der Waals surface area contributed by atoms with Crippen LogP contribution >= 0.6 is 0 Å². The minimum atomic E-state index is -0.346. The monoisotopic (exact) mass is 155 g/mol. The van der Waals surface area contributed by atoms with Gasteiger partial charge in [0, 0.05) is 20.3 Å². The number of nitrogens with zero attached hydrogens (tertiary/aromatic N) is 2. The normalized spacial score (nSPS) is 10.2. The Bertz CT molecular complexity index is 237. The fraction of sp³-hybridized carbons (Fsp3) is 0.286. The van der Waals surface area contributed by atoms with Crippen molar-refractivity contribution in [1.82, 2.24) is 9.99 Å². The van der Waals surface area contributed by atoms with Crippen molar-refractivity contribution in [3.8, 4) is 0 Å². The molecule has 11 heavy (non-hydrogen) atoms. The van der Waals surface area contributed by atoms with Crippen molar-refractivity contribution in [2.75, 3.05) is 19.5 Å². The van der Waals surface area contributed by atoms with Gasteiger partial charge in [-0.2, -0.15) is 0 Å². The van der Waals surface area contributed by atoms with Gasteiger partial charge in [0.15, 0.2) is 5.82 Å². The van der Waals surface area contributed by atoms with Gasteiger partial charge in [-0.05, 0) is 6.07 Å². The maximum atomic E-state index is 12.8. The molecule has 0 spiro atoms. The highest BCUT2D eigenvalue weighted by molar-refractivity contribution is 5.41. The number of nitrogens with one attached hydrogen (secondary N) is 1. The molecule has 3 nitrogen and oxygen atoms in total. The molecule has 4 heteroatoms. The molecule has 1 N–H and O–H groups in total. The summed E-state index contributed by atoms with van der Waals surface area (Å²) in [5.74, 6) is -0.346. The standard InChI is InChI=1S/C7H10FN3/c1-11(2)10-7-3-4-9-5-6(7)8/h3-5H,1-2H3,(H,9,10). The molecule has 0 aliphatic heterocycles. The predicted molar refractivity (Wildman–Crippen MR) is 41.5 cm³/mol. The molecule has 0 radical (unpaired) electrons. The van der Waals surface area contributed by atoms with Crippen LogP contribution in [0.15, 0.2) is 18.5 Å². The first-order chi connectivity index (χ1) is 5.20. The maximum Gasteiger partial charge on any atom is 0.165 e. The molecule has 0 saturated carbocycles. The minimum absolute atomic E-state index is 0.346. The molecule has 0 aromatic carbocycles. The molecule has 1 aromatic heterocycles. The Balaban J connectivity index is 2.78. The molecule has 60 valence electrons. The Kier molecular flexibility index (Phi) is 2.38. The van der Waals surface area contributed by atoms with E-state index < -0.39 is 0 Å². The van der Waals surface area contributed by atoms with E-state index >= 15 is 0 Å². The number of anilines is 1. The van der Waals surface area contributed by atoms with E-state index in [4.69, 9.17) is 0 Å². The average molecular weight is 155 g/mol. The highest BCUT2D eigenvalue weighted by Crippen LogP contribution is 2.10. The highest BCUT2D eigenvalue weighted by Gasteiger charge is 1.99. The molecule has 0 unspecified atom stereocenters. The second-order valence-electron chi connectivity index (χ2n) is 2.36. The Hall–Kier alpha value is -1.16. The van der Waals surface area contributed by atoms with Crippen LogP contribution in [-0.2, 0) is 0 Å². The third kappa shape index (κ3) is 2.16. The Morgan fingerprint density at radius 1 is 1.55 bits per heavy atom. The summed E-state index contributed by atoms with van der Waals surface area (Å²) in [4.78, 5) is 3.62. The molecule has 0 aliphatic carbocycles. The summed E-state index contributed by atoms with van der Waals surface area (Å²) in [6, 6.07) is 1.58. The van der Waals surface area contributed by atoms with Crippen LogP contribution in [0.5, 0.6) is 0 Å². The van der Waals surface area contributed by atoms with E-state index in [0.29, 0.717) is 5.69 Å². The quantitative estimate of drug-likeness (QED) is 0.648. The summed E-state index contributed by atoms with van der Waals surface area (Å²) in [5.41, 5.74) is 3.23. The molecule has 0 saturated heterocycles. The van der Waals surface area contributed by atoms with Crippen LogP contribution in [0.25, 0.3) is 0 Å². The van der Waals surface area contributed by atoms with E-state index in [1.54, 1.807) is 25.2 Å². The summed E-state index contributed by atoms with van der Waals surface area (Å²) in [5, 5.41) is 1.67. The molecule has 1 aromatic rings. The summed E-state index contributed by atoms with van der Waals surface area (Å²) in [6.45, 7) is 0. The second kappa shape index (κ2) is 3.30. The van der Waals surface area contributed by atoms with E-state index in [0.717, 1.165) is 0 Å². The van der Waals surface area contributed by atoms with Crippen LogP contribution in [0.2, 0.25) is 0 Å². The fourth-order valence-electron chi connectivity index (χ4n) is 0.707. The SMILES string of the molecule is CN(C)Nc1ccncc1F. The Labute approximate surface area is 64.8 Å². The summed E-state index contributed by atoms with van der Waals surface area (Å²) >= 11 is 0. The number of hydrogen-bond acceptors (Lipinski definition) is 3. The van der Waals surface area contributed by atoms with Crippen molar-refractivity contribution in [3.05, 3.63) is 24.3 Å². The number of pyridine rings is 1. The topological polar surface area (TPSA) is 28.2 Å². The largest absolute Gasteiger partial charge is 0.317 e. The first-order valence-electron chi connectivity index (χ1n) is 3.23. The van der Waals surface area contributed by atoms with Crippen molar-refractivity contribution < 1.29 is 4.39 Å². The Morgan fingerprint density at radius 3 is 2.82 bits per heavy atom. The fourth-order valence-corrected chi connectivity index (χ4v) is 0.707. The molecule has 1 rings (SSSR count). The number of hydrazine groups is 1. The van der Waals surface area contributed by atoms with Crippen molar-refractivity contribution >= 4 is 5.69 Å². The minimum Gasteiger partial charge on any atom is -0.317 e. The molecular weight excluding hydrogens is 145 g/mol. The van der Waals surface area contributed by atoms with Crippen LogP contribution in [0.4, 0.5) is 10.1 Å². The lowest BCUT2D eigenvalue weighted by Gasteiger charge is -2.13. The summed E-state index contributed by atoms with van der Waals surface area (Å²) in [6.07, 6.45) is 2.71. The first kappa shape index (κ1) is 7.94. The molecule has 0 amide bonds. The van der Waals surface area contributed by atoms with Gasteiger partial charge in [0.2, 0.25) is 0 Å². The highest BCUT2D eigenvalue weighted by atomic mass is 19.1. The van der Waals surface area contributed by atoms with Gasteiger partial charge < -0.3 is 5.43 Å². The van der Waals surface area contributed by atoms with Crippen LogP contribution < -0.4 is 5.43 Å². The zero-order valence-electron chi connectivity index (χ0n) is 6.50. The zero-order valence-corrected chi connectivity index (χ0v) is 6.50. The molecule has 0 aliphatic rings. The maximum absolute atomic E-state index is 12.8. The lowest BCUT2D eigenvalue weighted by molar-refractivity contribution is 0.486. The third-order valence-corrected chi connectivity index (χ3v) is 1.12. The van der Waals surface area contributed by atoms with Crippen molar-refractivity contribution in [2.45, 2.75) is 0 Å². The summed E-state index contributed by atoms with van der Waals surface area (Å²) in [7, 11) is 3.58. The Morgan fingerprint density at radius 2 is 2.27 bits per heavy atom. The molecule has 1 heterocycles. The smallest absolute Gasteiger partial charge is 0.165 e. The van der Waals surface area contributed by atoms with Gasteiger partial charge >= 0.3 is 0 Å². The second-order valence-corrected chi connectivity index (χ2v) is 2.36. The van der Waals surface area contributed by atoms with Gasteiger partial charge in [0.1, 0.15) is 0 Å². The van der Waals surface area contributed by atoms with E-state index in [1.165, 1.54) is 12.4 Å². The van der Waals surface area contributed by atoms with E-state index in [-0.39, 0.29) is 5.82 Å². The van der Waals surface area contributed by atoms with Crippen LogP contribution in [-0.4, -0.2) is 24.1 Å². The van der Waals surface area contributed by atoms with Crippen molar-refractivity contribution in [2.24, 2.45) is 0 Å². The van der Waals surface area contributed by atoms with E-state index in [2.05, 4.69) is 10.4 Å². The van der Waals surface area contributed by atoms with Gasteiger partial charge in [0.25, 0.3) is 0 Å². The van der Waals surface area contributed by atoms with Crippen LogP contribution in [0.1, 0.15) is 0 Å². The number of hydrogen-bond donors (Lipinski definition) is 1. The lowest BCUT2D eigenvalue weighted by Crippen LogP contribution is -2.20. The predicted octanol–water partition coefficient (Wildman–Crippen LogP) is 1.11. The van der Waals surface area contributed by atoms with E-state index in [9.17, 15) is 4.39 Å². The van der Waals surface area contributed by atoms with Crippen molar-refractivity contribution in [1.29, 1.82) is 0 Å². The van der Waals surface area contributed by atoms with Gasteiger partial charge in [0.05, 0.1) is 11.9 Å². The van der Waals surface area contributed by atoms with Crippen LogP contribution in [0, 0.1) is 5.82 Å². The molecular formula is C7H10FN3. The molecule has 0 fully saturated rings. The molecule has 0 bridgehead atoms. The molecule has 0 atom stereocenters. The van der Waals surface area contributed by atoms with Crippen LogP contribution in [0.3, 0.4) is 0 Å². The number of halogens is 1. The van der Waals surface area contributed by atoms with Gasteiger partial charge in [-0.25, -0.2) is 9.40 Å². The summed E-state index contributed by atoms with van der Waals surface area (Å²) < 4.78 is 12.8.